The number of hydrogen-bond acceptors (Lipinski definition) is 6. The summed E-state index contributed by atoms with van der Waals surface area (Å²) >= 11 is 0. The Bertz CT molecular complexity index is 1850. The molecule has 220 valence electrons. The minimum atomic E-state index is -4.73. The molecule has 5 rings (SSSR count). The van der Waals surface area contributed by atoms with Crippen LogP contribution >= 0.6 is 0 Å². The Kier molecular flexibility index (Phi) is 7.72. The number of aryl methyl sites for hydroxylation is 1. The van der Waals surface area contributed by atoms with Gasteiger partial charge in [0.1, 0.15) is 11.1 Å². The van der Waals surface area contributed by atoms with Gasteiger partial charge in [-0.15, -0.1) is 0 Å². The molecule has 1 aliphatic heterocycles. The molecule has 9 nitrogen and oxygen atoms in total. The third kappa shape index (κ3) is 6.25. The number of alkyl halides is 3. The molecular formula is C28H25F3N4O5S2. The van der Waals surface area contributed by atoms with Gasteiger partial charge in [-0.1, -0.05) is 54.6 Å². The zero-order valence-corrected chi connectivity index (χ0v) is 23.6. The van der Waals surface area contributed by atoms with E-state index in [1.54, 1.807) is 18.3 Å². The Morgan fingerprint density at radius 1 is 1.05 bits per heavy atom. The van der Waals surface area contributed by atoms with Crippen molar-refractivity contribution in [2.45, 2.75) is 42.1 Å². The number of hydrogen-bond donors (Lipinski definition) is 3. The normalized spacial score (nSPS) is 17.6. The number of aromatic amines is 1. The van der Waals surface area contributed by atoms with E-state index in [9.17, 15) is 34.8 Å². The molecular weight excluding hydrogens is 593 g/mol. The van der Waals surface area contributed by atoms with Gasteiger partial charge in [-0.3, -0.25) is 9.52 Å². The lowest BCUT2D eigenvalue weighted by Crippen LogP contribution is -2.31. The molecule has 0 saturated carbocycles. The van der Waals surface area contributed by atoms with Crippen LogP contribution in [0.25, 0.3) is 11.3 Å². The number of imidazole rings is 1. The maximum Gasteiger partial charge on any atom is 0.416 e. The molecule has 1 aliphatic rings. The van der Waals surface area contributed by atoms with Crippen LogP contribution in [-0.2, 0) is 37.4 Å². The average Bonchev–Trinajstić information content (AvgIpc) is 3.52. The fourth-order valence-corrected chi connectivity index (χ4v) is 7.44. The molecule has 0 bridgehead atoms. The molecule has 2 atom stereocenters. The number of carbonyl (C=O) groups is 1. The minimum Gasteiger partial charge on any atom is -0.341 e. The quantitative estimate of drug-likeness (QED) is 0.265. The maximum absolute atomic E-state index is 13.3. The number of H-pyrrole nitrogens is 1. The predicted molar refractivity (Wildman–Crippen MR) is 148 cm³/mol. The minimum absolute atomic E-state index is 0.0216. The summed E-state index contributed by atoms with van der Waals surface area (Å²) < 4.78 is 95.5. The van der Waals surface area contributed by atoms with Crippen LogP contribution in [0.1, 0.15) is 45.8 Å². The lowest BCUT2D eigenvalue weighted by Gasteiger charge is -2.18. The van der Waals surface area contributed by atoms with Gasteiger partial charge in [-0.05, 0) is 48.2 Å². The third-order valence-corrected chi connectivity index (χ3v) is 10.1. The summed E-state index contributed by atoms with van der Waals surface area (Å²) in [5, 5.41) is -1.05. The van der Waals surface area contributed by atoms with E-state index in [-0.39, 0.29) is 18.7 Å². The molecule has 0 spiro atoms. The lowest BCUT2D eigenvalue weighted by atomic mass is 10.0. The highest BCUT2D eigenvalue weighted by atomic mass is 32.2. The topological polar surface area (TPSA) is 138 Å². The van der Waals surface area contributed by atoms with Crippen molar-refractivity contribution in [3.05, 3.63) is 107 Å². The van der Waals surface area contributed by atoms with E-state index < -0.39 is 53.9 Å². The van der Waals surface area contributed by atoms with Crippen molar-refractivity contribution in [2.75, 3.05) is 0 Å². The van der Waals surface area contributed by atoms with Crippen LogP contribution in [0.15, 0.2) is 83.9 Å². The average molecular weight is 619 g/mol. The Morgan fingerprint density at radius 2 is 1.76 bits per heavy atom. The Morgan fingerprint density at radius 3 is 2.40 bits per heavy atom. The highest BCUT2D eigenvalue weighted by Gasteiger charge is 2.38. The van der Waals surface area contributed by atoms with Crippen LogP contribution in [0.3, 0.4) is 0 Å². The SMILES string of the molecule is Cc1ccccc1-c1cnc(C(Cc2ccc(C3CC(=O)NS3(=O)=O)cc2)NS(=O)(=O)c2cccc(C(F)(F)F)c2)[nH]1. The van der Waals surface area contributed by atoms with Gasteiger partial charge in [0.25, 0.3) is 0 Å². The molecule has 0 radical (unpaired) electrons. The van der Waals surface area contributed by atoms with Gasteiger partial charge >= 0.3 is 6.18 Å². The second kappa shape index (κ2) is 11.0. The van der Waals surface area contributed by atoms with Crippen molar-refractivity contribution in [1.82, 2.24) is 19.4 Å². The van der Waals surface area contributed by atoms with Crippen molar-refractivity contribution in [3.8, 4) is 11.3 Å². The van der Waals surface area contributed by atoms with E-state index in [4.69, 9.17) is 0 Å². The summed E-state index contributed by atoms with van der Waals surface area (Å²) in [5.74, 6) is -0.378. The third-order valence-electron chi connectivity index (χ3n) is 6.92. The molecule has 3 aromatic carbocycles. The Balaban J connectivity index is 1.48. The van der Waals surface area contributed by atoms with Gasteiger partial charge in [0.2, 0.25) is 26.0 Å². The fraction of sp³-hybridized carbons (Fsp3) is 0.214. The number of carbonyl (C=O) groups excluding carboxylic acids is 1. The van der Waals surface area contributed by atoms with Gasteiger partial charge in [0.15, 0.2) is 0 Å². The number of nitrogens with one attached hydrogen (secondary N) is 3. The largest absolute Gasteiger partial charge is 0.416 e. The van der Waals surface area contributed by atoms with Crippen molar-refractivity contribution in [3.63, 3.8) is 0 Å². The first-order valence-corrected chi connectivity index (χ1v) is 15.7. The van der Waals surface area contributed by atoms with E-state index >= 15 is 0 Å². The molecule has 42 heavy (non-hydrogen) atoms. The molecule has 1 fully saturated rings. The fourth-order valence-electron chi connectivity index (χ4n) is 4.77. The molecule has 1 aromatic heterocycles. The first kappa shape index (κ1) is 29.5. The first-order valence-electron chi connectivity index (χ1n) is 12.7. The molecule has 0 aliphatic carbocycles. The molecule has 2 unspecified atom stereocenters. The van der Waals surface area contributed by atoms with Gasteiger partial charge in [-0.25, -0.2) is 26.5 Å². The number of rotatable bonds is 8. The molecule has 14 heteroatoms. The zero-order valence-electron chi connectivity index (χ0n) is 22.0. The molecule has 1 saturated heterocycles. The summed E-state index contributed by atoms with van der Waals surface area (Å²) in [6.45, 7) is 1.90. The number of halogens is 3. The Hall–Kier alpha value is -4.01. The number of nitrogens with zero attached hydrogens (tertiary/aromatic N) is 1. The second-order valence-corrected chi connectivity index (χ2v) is 13.5. The van der Waals surface area contributed by atoms with Gasteiger partial charge < -0.3 is 4.98 Å². The standard InChI is InChI=1S/C28H25F3N4O5S2/c1-17-5-2-3-8-22(17)24-16-32-27(33-24)23(34-41(37,38)21-7-4-6-20(14-21)28(29,30)31)13-18-9-11-19(12-10-18)25-15-26(36)35-42(25,39)40/h2-12,14,16,23,25,34H,13,15H2,1H3,(H,32,33)(H,35,36). The van der Waals surface area contributed by atoms with Crippen LogP contribution in [0, 0.1) is 6.92 Å². The van der Waals surface area contributed by atoms with Crippen molar-refractivity contribution in [2.24, 2.45) is 0 Å². The van der Waals surface area contributed by atoms with Crippen LogP contribution in [0.2, 0.25) is 0 Å². The van der Waals surface area contributed by atoms with E-state index in [2.05, 4.69) is 14.7 Å². The van der Waals surface area contributed by atoms with Gasteiger partial charge in [0, 0.05) is 5.56 Å². The van der Waals surface area contributed by atoms with E-state index in [0.29, 0.717) is 22.9 Å². The first-order chi connectivity index (χ1) is 19.7. The van der Waals surface area contributed by atoms with Gasteiger partial charge in [0.05, 0.1) is 34.8 Å². The monoisotopic (exact) mass is 618 g/mol. The highest BCUT2D eigenvalue weighted by Crippen LogP contribution is 2.33. The molecule has 4 aromatic rings. The molecule has 1 amide bonds. The number of sulfonamides is 2. The number of amides is 1. The number of benzene rings is 3. The summed E-state index contributed by atoms with van der Waals surface area (Å²) in [5.41, 5.74) is 2.26. The van der Waals surface area contributed by atoms with Crippen LogP contribution < -0.4 is 9.44 Å². The molecule has 2 heterocycles. The molecule has 3 N–H and O–H groups in total. The summed E-state index contributed by atoms with van der Waals surface area (Å²) in [4.78, 5) is 18.6. The van der Waals surface area contributed by atoms with E-state index in [0.717, 1.165) is 29.3 Å². The van der Waals surface area contributed by atoms with Crippen molar-refractivity contribution < 1.29 is 34.8 Å². The highest BCUT2D eigenvalue weighted by molar-refractivity contribution is 7.90. The summed E-state index contributed by atoms with van der Waals surface area (Å²) in [6, 6.07) is 16.2. The summed E-state index contributed by atoms with van der Waals surface area (Å²) in [7, 11) is -8.30. The van der Waals surface area contributed by atoms with Crippen LogP contribution in [0.4, 0.5) is 13.2 Å². The smallest absolute Gasteiger partial charge is 0.341 e. The predicted octanol–water partition coefficient (Wildman–Crippen LogP) is 4.56. The maximum atomic E-state index is 13.3. The lowest BCUT2D eigenvalue weighted by molar-refractivity contribution is -0.137. The van der Waals surface area contributed by atoms with E-state index in [1.165, 1.54) is 12.1 Å². The Labute approximate surface area is 240 Å². The van der Waals surface area contributed by atoms with Crippen LogP contribution in [-0.4, -0.2) is 32.7 Å². The van der Waals surface area contributed by atoms with Crippen molar-refractivity contribution in [1.29, 1.82) is 0 Å². The van der Waals surface area contributed by atoms with Crippen LogP contribution in [0.5, 0.6) is 0 Å². The van der Waals surface area contributed by atoms with Gasteiger partial charge in [-0.2, -0.15) is 13.2 Å². The summed E-state index contributed by atoms with van der Waals surface area (Å²) in [6.07, 6.45) is -3.38. The second-order valence-electron chi connectivity index (χ2n) is 9.91. The van der Waals surface area contributed by atoms with Crippen molar-refractivity contribution >= 4 is 26.0 Å². The zero-order chi connectivity index (χ0) is 30.3. The number of aromatic nitrogens is 2. The van der Waals surface area contributed by atoms with E-state index in [1.807, 2.05) is 35.9 Å².